The maximum absolute atomic E-state index is 12.2. The van der Waals surface area contributed by atoms with E-state index in [1.54, 1.807) is 6.92 Å². The van der Waals surface area contributed by atoms with Crippen molar-refractivity contribution >= 4 is 51.2 Å². The Morgan fingerprint density at radius 3 is 2.31 bits per heavy atom. The van der Waals surface area contributed by atoms with Crippen LogP contribution in [0.4, 0.5) is 4.79 Å². The van der Waals surface area contributed by atoms with E-state index >= 15 is 0 Å². The number of halogens is 2. The van der Waals surface area contributed by atoms with E-state index in [4.69, 9.17) is 23.2 Å². The van der Waals surface area contributed by atoms with Gasteiger partial charge in [0.2, 0.25) is 10.0 Å². The molecule has 0 fully saturated rings. The Labute approximate surface area is 160 Å². The Balaban J connectivity index is 2.44. The number of hydrogen-bond donors (Lipinski definition) is 2. The number of esters is 1. The number of carbonyl (C=O) groups excluding carboxylic acids is 3. The highest BCUT2D eigenvalue weighted by Gasteiger charge is 2.21. The number of amides is 2. The normalized spacial score (nSPS) is 10.9. The Morgan fingerprint density at radius 1 is 1.12 bits per heavy atom. The molecule has 2 N–H and O–H groups in total. The zero-order valence-corrected chi connectivity index (χ0v) is 15.9. The Morgan fingerprint density at radius 2 is 1.73 bits per heavy atom. The molecule has 12 heteroatoms. The summed E-state index contributed by atoms with van der Waals surface area (Å²) in [6.07, 6.45) is -1.31. The second-order valence-electron chi connectivity index (χ2n) is 4.63. The smallest absolute Gasteiger partial charge is 0.413 e. The highest BCUT2D eigenvalue weighted by molar-refractivity contribution is 7.89. The molecular weight excluding hydrogens is 411 g/mol. The van der Waals surface area contributed by atoms with Crippen molar-refractivity contribution in [1.29, 1.82) is 0 Å². The minimum Gasteiger partial charge on any atom is -0.456 e. The van der Waals surface area contributed by atoms with Crippen LogP contribution in [0, 0.1) is 0 Å². The van der Waals surface area contributed by atoms with Gasteiger partial charge in [0.25, 0.3) is 5.91 Å². The fourth-order valence-corrected chi connectivity index (χ4v) is 3.81. The maximum atomic E-state index is 12.2. The molecule has 0 saturated carbocycles. The number of alkyl carbamates (subject to hydrolysis) is 1. The number of imide groups is 1. The number of nitrogens with one attached hydrogen (secondary N) is 2. The van der Waals surface area contributed by atoms with Gasteiger partial charge < -0.3 is 9.47 Å². The zero-order valence-electron chi connectivity index (χ0n) is 13.6. The van der Waals surface area contributed by atoms with Gasteiger partial charge in [0.1, 0.15) is 4.90 Å². The first-order valence-electron chi connectivity index (χ1n) is 7.23. The molecule has 0 atom stereocenters. The lowest BCUT2D eigenvalue weighted by Crippen LogP contribution is -2.35. The van der Waals surface area contributed by atoms with E-state index in [0.717, 1.165) is 0 Å². The van der Waals surface area contributed by atoms with Crippen molar-refractivity contribution in [3.63, 3.8) is 0 Å². The number of benzene rings is 1. The van der Waals surface area contributed by atoms with Crippen LogP contribution >= 0.6 is 23.2 Å². The van der Waals surface area contributed by atoms with Crippen LogP contribution in [0.1, 0.15) is 13.3 Å². The summed E-state index contributed by atoms with van der Waals surface area (Å²) in [4.78, 5) is 33.5. The summed E-state index contributed by atoms with van der Waals surface area (Å²) in [6, 6.07) is 4.21. The molecule has 1 rings (SSSR count). The molecule has 0 aromatic heterocycles. The average Bonchev–Trinajstić information content (AvgIpc) is 2.52. The van der Waals surface area contributed by atoms with Gasteiger partial charge in [-0.15, -0.1) is 0 Å². The first-order chi connectivity index (χ1) is 12.2. The van der Waals surface area contributed by atoms with Crippen LogP contribution in [0.5, 0.6) is 0 Å². The van der Waals surface area contributed by atoms with Crippen molar-refractivity contribution in [1.82, 2.24) is 10.0 Å². The van der Waals surface area contributed by atoms with Crippen molar-refractivity contribution in [2.75, 3.05) is 19.8 Å². The van der Waals surface area contributed by atoms with E-state index in [0.29, 0.717) is 0 Å². The fraction of sp³-hybridized carbons (Fsp3) is 0.357. The zero-order chi connectivity index (χ0) is 19.7. The van der Waals surface area contributed by atoms with E-state index in [1.807, 2.05) is 5.32 Å². The number of hydrogen-bond acceptors (Lipinski definition) is 7. The summed E-state index contributed by atoms with van der Waals surface area (Å²) >= 11 is 11.7. The summed E-state index contributed by atoms with van der Waals surface area (Å²) in [7, 11) is -4.03. The van der Waals surface area contributed by atoms with E-state index in [9.17, 15) is 22.8 Å². The third-order valence-electron chi connectivity index (χ3n) is 2.69. The number of sulfonamides is 1. The second kappa shape index (κ2) is 10.3. The van der Waals surface area contributed by atoms with Gasteiger partial charge in [-0.05, 0) is 19.1 Å². The highest BCUT2D eigenvalue weighted by Crippen LogP contribution is 2.28. The molecule has 0 bridgehead atoms. The Kier molecular flexibility index (Phi) is 8.79. The van der Waals surface area contributed by atoms with E-state index in [2.05, 4.69) is 14.2 Å². The molecule has 0 unspecified atom stereocenters. The summed E-state index contributed by atoms with van der Waals surface area (Å²) in [6.45, 7) is 0.623. The minimum absolute atomic E-state index is 0.0665. The van der Waals surface area contributed by atoms with E-state index in [1.165, 1.54) is 18.2 Å². The molecule has 26 heavy (non-hydrogen) atoms. The second-order valence-corrected chi connectivity index (χ2v) is 7.15. The highest BCUT2D eigenvalue weighted by atomic mass is 35.5. The van der Waals surface area contributed by atoms with Crippen molar-refractivity contribution < 1.29 is 32.3 Å². The minimum atomic E-state index is -4.03. The van der Waals surface area contributed by atoms with Gasteiger partial charge in [-0.1, -0.05) is 29.3 Å². The molecular formula is C14H16Cl2N2O7S. The molecule has 2 amide bonds. The number of carbonyl (C=O) groups is 3. The molecule has 1 aromatic carbocycles. The Bertz CT molecular complexity index is 763. The lowest BCUT2D eigenvalue weighted by molar-refractivity contribution is -0.148. The van der Waals surface area contributed by atoms with Crippen LogP contribution in [0.2, 0.25) is 10.0 Å². The lowest BCUT2D eigenvalue weighted by Gasteiger charge is -2.10. The van der Waals surface area contributed by atoms with Gasteiger partial charge in [-0.2, -0.15) is 0 Å². The molecule has 0 spiro atoms. The van der Waals surface area contributed by atoms with Crippen LogP contribution in [-0.2, 0) is 29.1 Å². The standard InChI is InChI=1S/C14H16Cl2N2O7S/c1-2-24-14(21)18-11(19)8-25-12(20)6-7-17-26(22,23)13-9(15)4-3-5-10(13)16/h3-5,17H,2,6-8H2,1H3,(H,18,19,21). The lowest BCUT2D eigenvalue weighted by atomic mass is 10.4. The summed E-state index contributed by atoms with van der Waals surface area (Å²) in [5.41, 5.74) is 0. The number of ether oxygens (including phenoxy) is 2. The first kappa shape index (κ1) is 22.2. The average molecular weight is 427 g/mol. The third kappa shape index (κ3) is 7.16. The van der Waals surface area contributed by atoms with E-state index in [-0.39, 0.29) is 34.5 Å². The SMILES string of the molecule is CCOC(=O)NC(=O)COC(=O)CCNS(=O)(=O)c1c(Cl)cccc1Cl. The summed E-state index contributed by atoms with van der Waals surface area (Å²) in [5, 5.41) is 1.70. The predicted octanol–water partition coefficient (Wildman–Crippen LogP) is 1.48. The van der Waals surface area contributed by atoms with Gasteiger partial charge in [-0.25, -0.2) is 17.9 Å². The molecule has 0 radical (unpaired) electrons. The van der Waals surface area contributed by atoms with Gasteiger partial charge >= 0.3 is 12.1 Å². The molecule has 0 saturated heterocycles. The molecule has 0 aliphatic carbocycles. The summed E-state index contributed by atoms with van der Waals surface area (Å²) < 4.78 is 35.5. The third-order valence-corrected chi connectivity index (χ3v) is 5.11. The molecule has 0 heterocycles. The van der Waals surface area contributed by atoms with Gasteiger partial charge in [0, 0.05) is 6.54 Å². The van der Waals surface area contributed by atoms with Crippen LogP contribution in [-0.4, -0.2) is 46.1 Å². The van der Waals surface area contributed by atoms with Crippen LogP contribution in [0.15, 0.2) is 23.1 Å². The van der Waals surface area contributed by atoms with Crippen molar-refractivity contribution in [2.24, 2.45) is 0 Å². The molecule has 144 valence electrons. The molecule has 9 nitrogen and oxygen atoms in total. The van der Waals surface area contributed by atoms with Crippen molar-refractivity contribution in [2.45, 2.75) is 18.2 Å². The maximum Gasteiger partial charge on any atom is 0.413 e. The molecule has 0 aliphatic rings. The van der Waals surface area contributed by atoms with Crippen molar-refractivity contribution in [3.8, 4) is 0 Å². The monoisotopic (exact) mass is 426 g/mol. The fourth-order valence-electron chi connectivity index (χ4n) is 1.63. The van der Waals surface area contributed by atoms with Crippen LogP contribution in [0.3, 0.4) is 0 Å². The van der Waals surface area contributed by atoms with Gasteiger partial charge in [0.05, 0.1) is 23.1 Å². The van der Waals surface area contributed by atoms with E-state index < -0.39 is 34.6 Å². The molecule has 1 aromatic rings. The summed E-state index contributed by atoms with van der Waals surface area (Å²) in [5.74, 6) is -1.72. The Hall–Kier alpha value is -1.88. The predicted molar refractivity (Wildman–Crippen MR) is 92.4 cm³/mol. The van der Waals surface area contributed by atoms with Crippen molar-refractivity contribution in [3.05, 3.63) is 28.2 Å². The molecule has 0 aliphatic heterocycles. The quantitative estimate of drug-likeness (QED) is 0.602. The number of rotatable bonds is 8. The van der Waals surface area contributed by atoms with Gasteiger partial charge in [-0.3, -0.25) is 14.9 Å². The largest absolute Gasteiger partial charge is 0.456 e. The van der Waals surface area contributed by atoms with Crippen LogP contribution < -0.4 is 10.0 Å². The van der Waals surface area contributed by atoms with Gasteiger partial charge in [0.15, 0.2) is 6.61 Å². The first-order valence-corrected chi connectivity index (χ1v) is 9.47. The van der Waals surface area contributed by atoms with Crippen LogP contribution in [0.25, 0.3) is 0 Å². The topological polar surface area (TPSA) is 128 Å².